The number of hydrogen-bond donors (Lipinski definition) is 4. The molecule has 0 saturated carbocycles. The second-order valence-electron chi connectivity index (χ2n) is 11.6. The molecule has 0 aliphatic carbocycles. The number of nitrogens with zero attached hydrogens (tertiary/aromatic N) is 1. The number of carbonyl (C=O) groups is 3. The zero-order valence-corrected chi connectivity index (χ0v) is 22.6. The SMILES string of the molecule is C[C@H]1C[C@@H](CNC(=O)[C@@H](NC(=O)c2cc3ccccc3[nH]2)C(C)(C)C)N(C(=O)c2cc3cccc(F)c3[nH]2)C1. The van der Waals surface area contributed by atoms with Gasteiger partial charge in [0.15, 0.2) is 0 Å². The first-order valence-electron chi connectivity index (χ1n) is 13.3. The van der Waals surface area contributed by atoms with E-state index in [0.717, 1.165) is 17.3 Å². The highest BCUT2D eigenvalue weighted by molar-refractivity contribution is 6.00. The highest BCUT2D eigenvalue weighted by atomic mass is 19.1. The largest absolute Gasteiger partial charge is 0.352 e. The summed E-state index contributed by atoms with van der Waals surface area (Å²) < 4.78 is 14.2. The van der Waals surface area contributed by atoms with Crippen LogP contribution in [0.25, 0.3) is 21.8 Å². The van der Waals surface area contributed by atoms with Gasteiger partial charge in [-0.15, -0.1) is 0 Å². The Hall–Kier alpha value is -4.14. The summed E-state index contributed by atoms with van der Waals surface area (Å²) in [6, 6.07) is 14.7. The average molecular weight is 532 g/mol. The van der Waals surface area contributed by atoms with Gasteiger partial charge in [-0.3, -0.25) is 14.4 Å². The van der Waals surface area contributed by atoms with Crippen molar-refractivity contribution in [1.82, 2.24) is 25.5 Å². The Morgan fingerprint density at radius 3 is 2.46 bits per heavy atom. The highest BCUT2D eigenvalue weighted by Gasteiger charge is 2.37. The molecule has 3 atom stereocenters. The Bertz CT molecular complexity index is 1520. The molecule has 1 aliphatic heterocycles. The average Bonchev–Trinajstić information content (AvgIpc) is 3.61. The van der Waals surface area contributed by atoms with Crippen molar-refractivity contribution in [2.24, 2.45) is 11.3 Å². The van der Waals surface area contributed by atoms with Crippen LogP contribution in [0.4, 0.5) is 4.39 Å². The quantitative estimate of drug-likeness (QED) is 0.292. The first-order valence-corrected chi connectivity index (χ1v) is 13.3. The maximum absolute atomic E-state index is 14.2. The molecule has 0 spiro atoms. The van der Waals surface area contributed by atoms with Crippen molar-refractivity contribution in [3.05, 3.63) is 71.8 Å². The Morgan fingerprint density at radius 1 is 1.03 bits per heavy atom. The van der Waals surface area contributed by atoms with Crippen LogP contribution in [-0.2, 0) is 4.79 Å². The molecule has 0 radical (unpaired) electrons. The van der Waals surface area contributed by atoms with Crippen LogP contribution >= 0.6 is 0 Å². The monoisotopic (exact) mass is 531 g/mol. The minimum absolute atomic E-state index is 0.224. The molecule has 9 heteroatoms. The van der Waals surface area contributed by atoms with E-state index in [0.29, 0.717) is 28.8 Å². The Labute approximate surface area is 226 Å². The number of H-pyrrole nitrogens is 2. The number of halogens is 1. The molecule has 8 nitrogen and oxygen atoms in total. The van der Waals surface area contributed by atoms with Gasteiger partial charge in [0.05, 0.1) is 5.52 Å². The minimum atomic E-state index is -0.795. The van der Waals surface area contributed by atoms with Crippen LogP contribution in [0.5, 0.6) is 0 Å². The van der Waals surface area contributed by atoms with E-state index in [4.69, 9.17) is 0 Å². The number of likely N-dealkylation sites (tertiary alicyclic amines) is 1. The lowest BCUT2D eigenvalue weighted by Gasteiger charge is -2.31. The number of fused-ring (bicyclic) bond motifs is 2. The van der Waals surface area contributed by atoms with Crippen molar-refractivity contribution in [3.63, 3.8) is 0 Å². The fourth-order valence-corrected chi connectivity index (χ4v) is 5.38. The van der Waals surface area contributed by atoms with E-state index >= 15 is 0 Å². The molecule has 0 bridgehead atoms. The summed E-state index contributed by atoms with van der Waals surface area (Å²) >= 11 is 0. The summed E-state index contributed by atoms with van der Waals surface area (Å²) in [5.41, 5.74) is 1.29. The van der Waals surface area contributed by atoms with Gasteiger partial charge in [0.1, 0.15) is 23.2 Å². The lowest BCUT2D eigenvalue weighted by atomic mass is 9.86. The molecule has 4 N–H and O–H groups in total. The smallest absolute Gasteiger partial charge is 0.270 e. The van der Waals surface area contributed by atoms with Crippen LogP contribution in [-0.4, -0.2) is 57.8 Å². The number of benzene rings is 2. The molecular weight excluding hydrogens is 497 g/mol. The lowest BCUT2D eigenvalue weighted by Crippen LogP contribution is -2.55. The summed E-state index contributed by atoms with van der Waals surface area (Å²) in [5.74, 6) is -1.07. The molecular formula is C30H34FN5O3. The number of hydrogen-bond acceptors (Lipinski definition) is 3. The van der Waals surface area contributed by atoms with Crippen LogP contribution in [0.2, 0.25) is 0 Å². The third kappa shape index (κ3) is 5.39. The standard InChI is InChI=1S/C30H34FN5O3/c1-17-12-20(36(16-17)29(39)24-14-19-9-7-10-21(31)25(19)34-24)15-32-28(38)26(30(2,3)4)35-27(37)23-13-18-8-5-6-11-22(18)33-23/h5-11,13-14,17,20,26,33-34H,12,15-16H2,1-4H3,(H,32,38)(H,35,37)/t17-,20-,26+/m0/s1. The molecule has 3 amide bonds. The maximum atomic E-state index is 14.2. The van der Waals surface area contributed by atoms with Gasteiger partial charge < -0.3 is 25.5 Å². The van der Waals surface area contributed by atoms with Crippen LogP contribution in [0.15, 0.2) is 54.6 Å². The molecule has 1 aliphatic rings. The zero-order chi connectivity index (χ0) is 27.9. The van der Waals surface area contributed by atoms with E-state index < -0.39 is 17.3 Å². The van der Waals surface area contributed by atoms with Gasteiger partial charge in [0.25, 0.3) is 11.8 Å². The first kappa shape index (κ1) is 26.5. The third-order valence-corrected chi connectivity index (χ3v) is 7.41. The van der Waals surface area contributed by atoms with E-state index in [2.05, 4.69) is 27.5 Å². The fourth-order valence-electron chi connectivity index (χ4n) is 5.38. The molecule has 5 rings (SSSR count). The van der Waals surface area contributed by atoms with E-state index in [1.165, 1.54) is 6.07 Å². The van der Waals surface area contributed by atoms with Gasteiger partial charge in [0.2, 0.25) is 5.91 Å². The van der Waals surface area contributed by atoms with Gasteiger partial charge in [-0.2, -0.15) is 0 Å². The summed E-state index contributed by atoms with van der Waals surface area (Å²) in [6.07, 6.45) is 0.724. The number of para-hydroxylation sites is 2. The number of aromatic amines is 2. The van der Waals surface area contributed by atoms with Crippen molar-refractivity contribution in [2.75, 3.05) is 13.1 Å². The van der Waals surface area contributed by atoms with E-state index in [1.807, 2.05) is 45.0 Å². The molecule has 4 aromatic rings. The molecule has 1 saturated heterocycles. The summed E-state index contributed by atoms with van der Waals surface area (Å²) in [5, 5.41) is 7.42. The van der Waals surface area contributed by atoms with Crippen LogP contribution in [0, 0.1) is 17.2 Å². The van der Waals surface area contributed by atoms with Crippen LogP contribution in [0.3, 0.4) is 0 Å². The summed E-state index contributed by atoms with van der Waals surface area (Å²) in [6.45, 7) is 8.53. The minimum Gasteiger partial charge on any atom is -0.352 e. The Kier molecular flexibility index (Phi) is 6.92. The highest BCUT2D eigenvalue weighted by Crippen LogP contribution is 2.27. The molecule has 3 heterocycles. The van der Waals surface area contributed by atoms with Gasteiger partial charge >= 0.3 is 0 Å². The van der Waals surface area contributed by atoms with Gasteiger partial charge in [0, 0.05) is 35.4 Å². The second kappa shape index (κ2) is 10.2. The van der Waals surface area contributed by atoms with Crippen molar-refractivity contribution < 1.29 is 18.8 Å². The topological polar surface area (TPSA) is 110 Å². The van der Waals surface area contributed by atoms with Crippen LogP contribution < -0.4 is 10.6 Å². The molecule has 1 fully saturated rings. The number of carbonyl (C=O) groups excluding carboxylic acids is 3. The molecule has 0 unspecified atom stereocenters. The van der Waals surface area contributed by atoms with E-state index in [-0.39, 0.29) is 36.2 Å². The second-order valence-corrected chi connectivity index (χ2v) is 11.6. The maximum Gasteiger partial charge on any atom is 0.270 e. The Morgan fingerprint density at radius 2 is 1.74 bits per heavy atom. The third-order valence-electron chi connectivity index (χ3n) is 7.41. The predicted octanol–water partition coefficient (Wildman–Crippen LogP) is 4.60. The first-order chi connectivity index (χ1) is 18.5. The molecule has 204 valence electrons. The number of rotatable bonds is 6. The van der Waals surface area contributed by atoms with Crippen molar-refractivity contribution >= 4 is 39.5 Å². The zero-order valence-electron chi connectivity index (χ0n) is 22.6. The normalized spacial score (nSPS) is 18.4. The van der Waals surface area contributed by atoms with E-state index in [9.17, 15) is 18.8 Å². The molecule has 2 aromatic heterocycles. The van der Waals surface area contributed by atoms with Crippen LogP contribution in [0.1, 0.15) is 55.1 Å². The van der Waals surface area contributed by atoms with Gasteiger partial charge in [-0.05, 0) is 42.0 Å². The summed E-state index contributed by atoms with van der Waals surface area (Å²) in [7, 11) is 0. The number of aromatic nitrogens is 2. The number of nitrogens with one attached hydrogen (secondary N) is 4. The van der Waals surface area contributed by atoms with Crippen molar-refractivity contribution in [1.29, 1.82) is 0 Å². The fraction of sp³-hybridized carbons (Fsp3) is 0.367. The van der Waals surface area contributed by atoms with E-state index in [1.54, 1.807) is 29.2 Å². The predicted molar refractivity (Wildman–Crippen MR) is 149 cm³/mol. The number of amides is 3. The summed E-state index contributed by atoms with van der Waals surface area (Å²) in [4.78, 5) is 47.6. The Balaban J connectivity index is 1.28. The lowest BCUT2D eigenvalue weighted by molar-refractivity contribution is -0.125. The van der Waals surface area contributed by atoms with Gasteiger partial charge in [-0.25, -0.2) is 4.39 Å². The molecule has 39 heavy (non-hydrogen) atoms. The molecule has 2 aromatic carbocycles. The van der Waals surface area contributed by atoms with Crippen molar-refractivity contribution in [3.8, 4) is 0 Å². The van der Waals surface area contributed by atoms with Gasteiger partial charge in [-0.1, -0.05) is 58.0 Å². The van der Waals surface area contributed by atoms with Crippen molar-refractivity contribution in [2.45, 2.75) is 46.2 Å².